The van der Waals surface area contributed by atoms with Gasteiger partial charge in [0.15, 0.2) is 11.7 Å². The van der Waals surface area contributed by atoms with Crippen LogP contribution in [0.15, 0.2) is 66.9 Å². The average molecular weight is 776 g/mol. The van der Waals surface area contributed by atoms with E-state index in [1.54, 1.807) is 20.9 Å². The number of ether oxygens (including phenoxy) is 1. The molecule has 2 unspecified atom stereocenters. The van der Waals surface area contributed by atoms with Crippen molar-refractivity contribution < 1.29 is 28.7 Å². The van der Waals surface area contributed by atoms with Crippen molar-refractivity contribution in [2.45, 2.75) is 109 Å². The summed E-state index contributed by atoms with van der Waals surface area (Å²) < 4.78 is 9.73. The summed E-state index contributed by atoms with van der Waals surface area (Å²) in [5, 5.41) is 7.99. The molecule has 55 heavy (non-hydrogen) atoms. The summed E-state index contributed by atoms with van der Waals surface area (Å²) in [6.45, 7) is 11.6. The van der Waals surface area contributed by atoms with Gasteiger partial charge in [-0.1, -0.05) is 94.8 Å². The molecular formula is C41H57N7O6S. The number of nitrogens with two attached hydrogens (primary N) is 1. The number of anilines is 1. The zero-order valence-corrected chi connectivity index (χ0v) is 33.8. The molecule has 4 rings (SSSR count). The van der Waals surface area contributed by atoms with E-state index in [0.717, 1.165) is 29.5 Å². The summed E-state index contributed by atoms with van der Waals surface area (Å²) in [5.41, 5.74) is 5.55. The van der Waals surface area contributed by atoms with Crippen molar-refractivity contribution in [3.8, 4) is 0 Å². The van der Waals surface area contributed by atoms with Gasteiger partial charge in [-0.3, -0.25) is 28.7 Å². The molecule has 3 aromatic rings. The number of Topliss-reactive ketones (excluding diaryl/α,β-unsaturated/α-hetero) is 1. The van der Waals surface area contributed by atoms with Gasteiger partial charge in [-0.25, -0.2) is 4.98 Å². The lowest BCUT2D eigenvalue weighted by atomic mass is 9.91. The van der Waals surface area contributed by atoms with Crippen LogP contribution in [0.2, 0.25) is 0 Å². The minimum absolute atomic E-state index is 0.00498. The zero-order chi connectivity index (χ0) is 40.3. The maximum atomic E-state index is 14.2. The molecule has 1 aromatic heterocycles. The van der Waals surface area contributed by atoms with E-state index in [0.29, 0.717) is 25.9 Å². The lowest BCUT2D eigenvalue weighted by Crippen LogP contribution is -2.60. The van der Waals surface area contributed by atoms with Crippen molar-refractivity contribution in [2.24, 2.45) is 18.9 Å². The molecule has 13 nitrogen and oxygen atoms in total. The van der Waals surface area contributed by atoms with Crippen LogP contribution in [0, 0.1) is 11.8 Å². The molecule has 6 atom stereocenters. The number of hydrogen-bond acceptors (Lipinski definition) is 9. The van der Waals surface area contributed by atoms with E-state index < -0.39 is 52.1 Å². The van der Waals surface area contributed by atoms with Crippen molar-refractivity contribution in [3.05, 3.63) is 83.7 Å². The number of imidazole rings is 1. The van der Waals surface area contributed by atoms with E-state index in [1.165, 1.54) is 10.8 Å². The number of carbonyl (C=O) groups excluding carboxylic acids is 5. The Kier molecular flexibility index (Phi) is 15.1. The van der Waals surface area contributed by atoms with Gasteiger partial charge in [-0.15, -0.1) is 0 Å². The van der Waals surface area contributed by atoms with Crippen LogP contribution >= 0.6 is 11.9 Å². The number of hydrogen-bond donors (Lipinski definition) is 5. The van der Waals surface area contributed by atoms with Crippen molar-refractivity contribution in [1.29, 1.82) is 0 Å². The van der Waals surface area contributed by atoms with Crippen LogP contribution in [0.5, 0.6) is 0 Å². The van der Waals surface area contributed by atoms with Gasteiger partial charge in [0.1, 0.15) is 28.1 Å². The molecule has 0 bridgehead atoms. The van der Waals surface area contributed by atoms with Crippen molar-refractivity contribution >= 4 is 47.3 Å². The van der Waals surface area contributed by atoms with E-state index in [1.807, 2.05) is 88.4 Å². The topological polar surface area (TPSA) is 190 Å². The Hall–Kier alpha value is -4.69. The highest BCUT2D eigenvalue weighted by atomic mass is 32.2. The summed E-state index contributed by atoms with van der Waals surface area (Å²) in [7, 11) is 1.61. The molecule has 0 saturated carbocycles. The lowest BCUT2D eigenvalue weighted by Gasteiger charge is -2.32. The quantitative estimate of drug-likeness (QED) is 0.0776. The minimum Gasteiger partial charge on any atom is -0.369 e. The number of aryl methyl sites for hydroxylation is 1. The predicted octanol–water partition coefficient (Wildman–Crippen LogP) is 4.31. The first-order chi connectivity index (χ1) is 26.0. The highest BCUT2D eigenvalue weighted by Gasteiger charge is 2.50. The van der Waals surface area contributed by atoms with Crippen LogP contribution in [0.3, 0.4) is 0 Å². The minimum atomic E-state index is -1.44. The Morgan fingerprint density at radius 2 is 1.56 bits per heavy atom. The fourth-order valence-corrected chi connectivity index (χ4v) is 6.99. The van der Waals surface area contributed by atoms with Crippen LogP contribution in [-0.2, 0) is 43.8 Å². The van der Waals surface area contributed by atoms with Gasteiger partial charge in [-0.2, -0.15) is 0 Å². The second-order valence-corrected chi connectivity index (χ2v) is 16.5. The number of nitrogens with one attached hydrogen (secondary N) is 4. The number of carbonyl (C=O) groups is 5. The maximum Gasteiger partial charge on any atom is 0.270 e. The number of aromatic nitrogens is 2. The number of nitrogens with zero attached hydrogens (tertiary/aromatic N) is 2. The maximum absolute atomic E-state index is 14.2. The first kappa shape index (κ1) is 43.0. The van der Waals surface area contributed by atoms with Gasteiger partial charge < -0.3 is 31.0 Å². The highest BCUT2D eigenvalue weighted by molar-refractivity contribution is 7.99. The molecule has 298 valence electrons. The van der Waals surface area contributed by atoms with E-state index in [2.05, 4.69) is 25.7 Å². The predicted molar refractivity (Wildman–Crippen MR) is 215 cm³/mol. The molecule has 4 amide bonds. The van der Waals surface area contributed by atoms with Crippen molar-refractivity contribution in [1.82, 2.24) is 30.2 Å². The third-order valence-electron chi connectivity index (χ3n) is 10.2. The molecule has 14 heteroatoms. The Morgan fingerprint density at radius 1 is 0.945 bits per heavy atom. The molecule has 2 aromatic carbocycles. The molecule has 1 fully saturated rings. The molecule has 1 aliphatic heterocycles. The number of nitrogen functional groups attached to an aromatic ring is 1. The normalized spacial score (nSPS) is 18.3. The second kappa shape index (κ2) is 19.3. The van der Waals surface area contributed by atoms with Gasteiger partial charge in [-0.05, 0) is 80.9 Å². The van der Waals surface area contributed by atoms with Gasteiger partial charge in [0.05, 0.1) is 18.8 Å². The molecule has 0 spiro atoms. The summed E-state index contributed by atoms with van der Waals surface area (Å²) >= 11 is 0.947. The molecule has 2 heterocycles. The van der Waals surface area contributed by atoms with Crippen LogP contribution < -0.4 is 26.4 Å². The van der Waals surface area contributed by atoms with Crippen LogP contribution in [0.4, 0.5) is 5.95 Å². The third kappa shape index (κ3) is 12.1. The van der Waals surface area contributed by atoms with Gasteiger partial charge in [0.25, 0.3) is 11.8 Å². The Balaban J connectivity index is 1.54. The number of amides is 4. The largest absolute Gasteiger partial charge is 0.369 e. The molecule has 0 aliphatic carbocycles. The first-order valence-corrected chi connectivity index (χ1v) is 19.9. The smallest absolute Gasteiger partial charge is 0.270 e. The van der Waals surface area contributed by atoms with Crippen LogP contribution in [-0.4, -0.2) is 74.0 Å². The monoisotopic (exact) mass is 775 g/mol. The molecule has 1 saturated heterocycles. The van der Waals surface area contributed by atoms with Crippen LogP contribution in [0.1, 0.15) is 88.8 Å². The fourth-order valence-electron chi connectivity index (χ4n) is 6.14. The summed E-state index contributed by atoms with van der Waals surface area (Å²) in [4.78, 5) is 73.2. The van der Waals surface area contributed by atoms with Gasteiger partial charge >= 0.3 is 0 Å². The Labute approximate surface area is 328 Å². The number of rotatable bonds is 21. The number of benzene rings is 2. The zero-order valence-electron chi connectivity index (χ0n) is 33.0. The van der Waals surface area contributed by atoms with E-state index in [4.69, 9.17) is 10.5 Å². The Morgan fingerprint density at radius 3 is 2.11 bits per heavy atom. The van der Waals surface area contributed by atoms with Crippen LogP contribution in [0.25, 0.3) is 0 Å². The molecule has 6 N–H and O–H groups in total. The molecule has 1 aliphatic rings. The van der Waals surface area contributed by atoms with Gasteiger partial charge in [0.2, 0.25) is 11.8 Å². The van der Waals surface area contributed by atoms with Crippen molar-refractivity contribution in [3.63, 3.8) is 0 Å². The first-order valence-electron chi connectivity index (χ1n) is 19.0. The number of epoxide rings is 1. The van der Waals surface area contributed by atoms with E-state index in [-0.39, 0.29) is 42.1 Å². The summed E-state index contributed by atoms with van der Waals surface area (Å²) in [6.07, 6.45) is 3.91. The standard InChI is InChI=1S/C41H57N7O6S/c1-8-27(4)22-30(34(49)41(6)25-54-41)44-37(52)33(23-29-17-13-10-14-18-29)55-47-35(50)31(21-26(2)3)45-38(53)40(5,20-19-28-15-11-9-12-16-28)46-36(51)32-24-43-39(42)48(32)7/h9-18,24,26-27,30-31,33H,8,19-23,25H2,1-7H3,(H2,42,43)(H,44,52)(H,45,53)(H,46,51)(H,47,50)/t27?,30-,31-,33-,40+,41?/m0/s1. The van der Waals surface area contributed by atoms with Crippen molar-refractivity contribution in [2.75, 3.05) is 12.3 Å². The fraction of sp³-hybridized carbons (Fsp3) is 0.512. The third-order valence-corrected chi connectivity index (χ3v) is 11.1. The summed E-state index contributed by atoms with van der Waals surface area (Å²) in [5.74, 6) is -1.81. The Bertz CT molecular complexity index is 1780. The lowest BCUT2D eigenvalue weighted by molar-refractivity contribution is -0.132. The van der Waals surface area contributed by atoms with E-state index in [9.17, 15) is 24.0 Å². The molecular weight excluding hydrogens is 719 g/mol. The average Bonchev–Trinajstić information content (AvgIpc) is 3.83. The second-order valence-electron chi connectivity index (χ2n) is 15.4. The SMILES string of the molecule is CCC(C)C[C@H](NC(=O)[C@H](Cc1ccccc1)SNC(=O)[C@H](CC(C)C)NC(=O)[C@@](C)(CCc1ccccc1)NC(=O)c1cnc(N)n1C)C(=O)C1(C)CO1. The summed E-state index contributed by atoms with van der Waals surface area (Å²) in [6, 6.07) is 17.3. The highest BCUT2D eigenvalue weighted by Crippen LogP contribution is 2.30. The number of ketones is 1. The van der Waals surface area contributed by atoms with E-state index >= 15 is 0 Å². The molecule has 0 radical (unpaired) electrons. The van der Waals surface area contributed by atoms with Gasteiger partial charge in [0, 0.05) is 7.05 Å².